The third kappa shape index (κ3) is 4.32. The maximum Gasteiger partial charge on any atom is 0.142 e. The topological polar surface area (TPSA) is 39.7 Å². The van der Waals surface area contributed by atoms with E-state index in [-0.39, 0.29) is 0 Å². The molecule has 4 heteroatoms. The van der Waals surface area contributed by atoms with Gasteiger partial charge in [0.1, 0.15) is 17.2 Å². The van der Waals surface area contributed by atoms with E-state index >= 15 is 0 Å². The highest BCUT2D eigenvalue weighted by Crippen LogP contribution is 2.29. The third-order valence-electron chi connectivity index (χ3n) is 3.29. The fraction of sp³-hybridized carbons (Fsp3) is 0.333. The molecule has 0 aliphatic rings. The molecule has 0 saturated heterocycles. The third-order valence-corrected chi connectivity index (χ3v) is 3.29. The second-order valence-electron chi connectivity index (χ2n) is 4.91. The molecule has 22 heavy (non-hydrogen) atoms. The Morgan fingerprint density at radius 3 is 2.27 bits per heavy atom. The van der Waals surface area contributed by atoms with Gasteiger partial charge in [0.25, 0.3) is 0 Å². The largest absolute Gasteiger partial charge is 0.497 e. The number of rotatable bonds is 8. The maximum atomic E-state index is 5.58. The van der Waals surface area contributed by atoms with Gasteiger partial charge in [-0.05, 0) is 36.2 Å². The molecular formula is C18H23NO3. The number of hydrogen-bond donors (Lipinski definition) is 1. The minimum atomic E-state index is 0.706. The molecule has 0 saturated carbocycles. The molecule has 2 aromatic rings. The molecule has 1 N–H and O–H groups in total. The summed E-state index contributed by atoms with van der Waals surface area (Å²) >= 11 is 0. The van der Waals surface area contributed by atoms with Crippen molar-refractivity contribution in [1.82, 2.24) is 0 Å². The Bertz CT molecular complexity index is 581. The van der Waals surface area contributed by atoms with Crippen LogP contribution in [0.4, 0.5) is 5.69 Å². The van der Waals surface area contributed by atoms with E-state index in [0.717, 1.165) is 36.0 Å². The summed E-state index contributed by atoms with van der Waals surface area (Å²) in [4.78, 5) is 0. The van der Waals surface area contributed by atoms with E-state index in [1.165, 1.54) is 5.56 Å². The molecule has 0 bridgehead atoms. The van der Waals surface area contributed by atoms with Gasteiger partial charge in [0, 0.05) is 12.6 Å². The highest BCUT2D eigenvalue weighted by Gasteiger charge is 2.05. The first-order valence-corrected chi connectivity index (χ1v) is 7.44. The molecule has 0 aromatic heterocycles. The Morgan fingerprint density at radius 1 is 0.909 bits per heavy atom. The van der Waals surface area contributed by atoms with Crippen LogP contribution in [0.2, 0.25) is 0 Å². The Balaban J connectivity index is 2.00. The summed E-state index contributed by atoms with van der Waals surface area (Å²) in [6.07, 6.45) is 1.01. The number of nitrogens with one attached hydrogen (secondary N) is 1. The Labute approximate surface area is 132 Å². The molecule has 0 radical (unpaired) electrons. The van der Waals surface area contributed by atoms with Crippen molar-refractivity contribution in [1.29, 1.82) is 0 Å². The fourth-order valence-corrected chi connectivity index (χ4v) is 2.07. The van der Waals surface area contributed by atoms with E-state index in [1.807, 2.05) is 30.3 Å². The van der Waals surface area contributed by atoms with Crippen molar-refractivity contribution in [3.05, 3.63) is 48.0 Å². The molecular weight excluding hydrogens is 278 g/mol. The second-order valence-corrected chi connectivity index (χ2v) is 4.91. The zero-order valence-electron chi connectivity index (χ0n) is 13.4. The van der Waals surface area contributed by atoms with Gasteiger partial charge in [0.05, 0.1) is 26.5 Å². The van der Waals surface area contributed by atoms with Gasteiger partial charge < -0.3 is 19.5 Å². The lowest BCUT2D eigenvalue weighted by Crippen LogP contribution is -2.02. The van der Waals surface area contributed by atoms with Crippen LogP contribution in [0.3, 0.4) is 0 Å². The Kier molecular flexibility index (Phi) is 5.95. The molecule has 2 aromatic carbocycles. The minimum absolute atomic E-state index is 0.706. The first-order valence-electron chi connectivity index (χ1n) is 7.44. The predicted octanol–water partition coefficient (Wildman–Crippen LogP) is 4.10. The summed E-state index contributed by atoms with van der Waals surface area (Å²) in [5, 5.41) is 3.37. The van der Waals surface area contributed by atoms with Gasteiger partial charge in [-0.1, -0.05) is 19.1 Å². The van der Waals surface area contributed by atoms with Crippen LogP contribution in [0, 0.1) is 0 Å². The van der Waals surface area contributed by atoms with Gasteiger partial charge in [0.15, 0.2) is 0 Å². The SMILES string of the molecule is CCCOc1ccc(CNc2cc(OC)ccc2OC)cc1. The van der Waals surface area contributed by atoms with Crippen LogP contribution in [0.15, 0.2) is 42.5 Å². The van der Waals surface area contributed by atoms with E-state index in [9.17, 15) is 0 Å². The highest BCUT2D eigenvalue weighted by molar-refractivity contribution is 5.60. The van der Waals surface area contributed by atoms with E-state index in [1.54, 1.807) is 14.2 Å². The van der Waals surface area contributed by atoms with Crippen LogP contribution in [0.5, 0.6) is 17.2 Å². The van der Waals surface area contributed by atoms with E-state index in [0.29, 0.717) is 6.54 Å². The van der Waals surface area contributed by atoms with Crippen LogP contribution < -0.4 is 19.5 Å². The normalized spacial score (nSPS) is 10.1. The number of benzene rings is 2. The van der Waals surface area contributed by atoms with Gasteiger partial charge in [-0.15, -0.1) is 0 Å². The first kappa shape index (κ1) is 16.0. The summed E-state index contributed by atoms with van der Waals surface area (Å²) in [5.74, 6) is 2.50. The fourth-order valence-electron chi connectivity index (χ4n) is 2.07. The van der Waals surface area contributed by atoms with Crippen LogP contribution in [-0.4, -0.2) is 20.8 Å². The van der Waals surface area contributed by atoms with Crippen LogP contribution in [-0.2, 0) is 6.54 Å². The smallest absolute Gasteiger partial charge is 0.142 e. The van der Waals surface area contributed by atoms with Crippen LogP contribution in [0.1, 0.15) is 18.9 Å². The average Bonchev–Trinajstić information content (AvgIpc) is 2.58. The minimum Gasteiger partial charge on any atom is -0.497 e. The van der Waals surface area contributed by atoms with Crippen molar-refractivity contribution in [2.24, 2.45) is 0 Å². The molecule has 4 nitrogen and oxygen atoms in total. The zero-order chi connectivity index (χ0) is 15.8. The van der Waals surface area contributed by atoms with Gasteiger partial charge in [-0.2, -0.15) is 0 Å². The van der Waals surface area contributed by atoms with Crippen molar-refractivity contribution in [3.8, 4) is 17.2 Å². The summed E-state index contributed by atoms with van der Waals surface area (Å²) in [6, 6.07) is 13.8. The van der Waals surface area contributed by atoms with Crippen molar-refractivity contribution < 1.29 is 14.2 Å². The van der Waals surface area contributed by atoms with Gasteiger partial charge >= 0.3 is 0 Å². The molecule has 0 fully saturated rings. The number of hydrogen-bond acceptors (Lipinski definition) is 4. The standard InChI is InChI=1S/C18H23NO3/c1-4-11-22-15-7-5-14(6-8-15)13-19-17-12-16(20-2)9-10-18(17)21-3/h5-10,12,19H,4,11,13H2,1-3H3. The quantitative estimate of drug-likeness (QED) is 0.796. The summed E-state index contributed by atoms with van der Waals surface area (Å²) < 4.78 is 16.2. The van der Waals surface area contributed by atoms with E-state index in [2.05, 4.69) is 24.4 Å². The molecule has 2 rings (SSSR count). The molecule has 0 heterocycles. The Hall–Kier alpha value is -2.36. The second kappa shape index (κ2) is 8.17. The van der Waals surface area contributed by atoms with Crippen molar-refractivity contribution >= 4 is 5.69 Å². The van der Waals surface area contributed by atoms with Crippen LogP contribution in [0.25, 0.3) is 0 Å². The summed E-state index contributed by atoms with van der Waals surface area (Å²) in [5.41, 5.74) is 2.09. The molecule has 0 unspecified atom stereocenters. The maximum absolute atomic E-state index is 5.58. The number of anilines is 1. The molecule has 0 aliphatic heterocycles. The average molecular weight is 301 g/mol. The highest BCUT2D eigenvalue weighted by atomic mass is 16.5. The van der Waals surface area contributed by atoms with Gasteiger partial charge in [-0.3, -0.25) is 0 Å². The molecule has 0 amide bonds. The molecule has 118 valence electrons. The number of ether oxygens (including phenoxy) is 3. The molecule has 0 aliphatic carbocycles. The van der Waals surface area contributed by atoms with Crippen molar-refractivity contribution in [2.75, 3.05) is 26.1 Å². The number of methoxy groups -OCH3 is 2. The lowest BCUT2D eigenvalue weighted by atomic mass is 10.2. The van der Waals surface area contributed by atoms with Crippen molar-refractivity contribution in [2.45, 2.75) is 19.9 Å². The first-order chi connectivity index (χ1) is 10.8. The van der Waals surface area contributed by atoms with Crippen molar-refractivity contribution in [3.63, 3.8) is 0 Å². The Morgan fingerprint density at radius 2 is 1.64 bits per heavy atom. The zero-order valence-corrected chi connectivity index (χ0v) is 13.4. The summed E-state index contributed by atoms with van der Waals surface area (Å²) in [6.45, 7) is 3.55. The monoisotopic (exact) mass is 301 g/mol. The summed E-state index contributed by atoms with van der Waals surface area (Å²) in [7, 11) is 3.31. The van der Waals surface area contributed by atoms with Gasteiger partial charge in [-0.25, -0.2) is 0 Å². The van der Waals surface area contributed by atoms with E-state index < -0.39 is 0 Å². The van der Waals surface area contributed by atoms with E-state index in [4.69, 9.17) is 14.2 Å². The van der Waals surface area contributed by atoms with Crippen LogP contribution >= 0.6 is 0 Å². The lowest BCUT2D eigenvalue weighted by Gasteiger charge is -2.13. The van der Waals surface area contributed by atoms with Gasteiger partial charge in [0.2, 0.25) is 0 Å². The molecule has 0 spiro atoms. The predicted molar refractivity (Wildman–Crippen MR) is 89.1 cm³/mol. The lowest BCUT2D eigenvalue weighted by molar-refractivity contribution is 0.317. The molecule has 0 atom stereocenters.